The Labute approximate surface area is 124 Å². The number of nitrogens with zero attached hydrogens (tertiary/aromatic N) is 1. The van der Waals surface area contributed by atoms with Gasteiger partial charge >= 0.3 is 0 Å². The van der Waals surface area contributed by atoms with Crippen molar-refractivity contribution in [2.45, 2.75) is 44.8 Å². The molecule has 3 rings (SSSR count). The van der Waals surface area contributed by atoms with Crippen molar-refractivity contribution in [2.75, 3.05) is 6.54 Å². The topological polar surface area (TPSA) is 62.7 Å². The predicted octanol–water partition coefficient (Wildman–Crippen LogP) is 1.93. The van der Waals surface area contributed by atoms with Crippen molar-refractivity contribution < 1.29 is 9.53 Å². The third-order valence-corrected chi connectivity index (χ3v) is 3.88. The molecule has 0 radical (unpaired) electrons. The Morgan fingerprint density at radius 3 is 2.90 bits per heavy atom. The number of amides is 1. The van der Waals surface area contributed by atoms with Crippen molar-refractivity contribution in [2.24, 2.45) is 4.99 Å². The van der Waals surface area contributed by atoms with Gasteiger partial charge < -0.3 is 15.4 Å². The molecule has 0 aromatic heterocycles. The standard InChI is InChI=1S/C16H21N3O2/c1-4-9-17-14-18-13(20)16(19-14)10-15(2,3)21-12-8-6-5-7-11(12)16/h5-8H,4,9-10H2,1-3H3,(H2,17,18,19,20). The summed E-state index contributed by atoms with van der Waals surface area (Å²) in [4.78, 5) is 16.8. The zero-order valence-electron chi connectivity index (χ0n) is 12.7. The minimum Gasteiger partial charge on any atom is -0.487 e. The van der Waals surface area contributed by atoms with Crippen LogP contribution < -0.4 is 15.4 Å². The Bertz CT molecular complexity index is 609. The second-order valence-corrected chi connectivity index (χ2v) is 6.26. The average Bonchev–Trinajstić information content (AvgIpc) is 2.72. The summed E-state index contributed by atoms with van der Waals surface area (Å²) >= 11 is 0. The number of carbonyl (C=O) groups is 1. The number of rotatable bonds is 2. The van der Waals surface area contributed by atoms with E-state index in [4.69, 9.17) is 4.74 Å². The summed E-state index contributed by atoms with van der Waals surface area (Å²) in [5, 5.41) is 6.48. The molecule has 1 atom stereocenters. The molecule has 5 heteroatoms. The van der Waals surface area contributed by atoms with Crippen LogP contribution in [0.1, 0.15) is 39.2 Å². The molecule has 1 aromatic rings. The van der Waals surface area contributed by atoms with Crippen LogP contribution in [0, 0.1) is 0 Å². The van der Waals surface area contributed by atoms with Crippen LogP contribution in [0.5, 0.6) is 5.75 Å². The Morgan fingerprint density at radius 2 is 2.14 bits per heavy atom. The van der Waals surface area contributed by atoms with Crippen molar-refractivity contribution in [3.05, 3.63) is 29.8 Å². The van der Waals surface area contributed by atoms with Gasteiger partial charge in [0.2, 0.25) is 0 Å². The van der Waals surface area contributed by atoms with Gasteiger partial charge in [-0.1, -0.05) is 25.1 Å². The van der Waals surface area contributed by atoms with Crippen LogP contribution in [0.3, 0.4) is 0 Å². The van der Waals surface area contributed by atoms with E-state index in [1.54, 1.807) is 0 Å². The second-order valence-electron chi connectivity index (χ2n) is 6.26. The molecule has 0 bridgehead atoms. The number of fused-ring (bicyclic) bond motifs is 2. The number of nitrogens with one attached hydrogen (secondary N) is 2. The number of hydrogen-bond acceptors (Lipinski definition) is 4. The van der Waals surface area contributed by atoms with Gasteiger partial charge in [-0.2, -0.15) is 4.99 Å². The molecule has 1 aromatic carbocycles. The van der Waals surface area contributed by atoms with E-state index in [2.05, 4.69) is 22.5 Å². The molecule has 0 aliphatic carbocycles. The molecule has 2 N–H and O–H groups in total. The lowest BCUT2D eigenvalue weighted by Crippen LogP contribution is -2.56. The first-order valence-corrected chi connectivity index (χ1v) is 7.40. The third kappa shape index (κ3) is 2.26. The molecule has 1 amide bonds. The minimum absolute atomic E-state index is 0.148. The van der Waals surface area contributed by atoms with Gasteiger partial charge in [-0.15, -0.1) is 0 Å². The van der Waals surface area contributed by atoms with Gasteiger partial charge in [0.05, 0.1) is 0 Å². The number of ether oxygens (including phenoxy) is 1. The highest BCUT2D eigenvalue weighted by Crippen LogP contribution is 2.45. The molecule has 5 nitrogen and oxygen atoms in total. The number of benzene rings is 1. The molecular formula is C16H21N3O2. The van der Waals surface area contributed by atoms with Crippen LogP contribution in [0.25, 0.3) is 0 Å². The third-order valence-electron chi connectivity index (χ3n) is 3.88. The normalized spacial score (nSPS) is 25.9. The van der Waals surface area contributed by atoms with E-state index in [1.807, 2.05) is 38.1 Å². The monoisotopic (exact) mass is 287 g/mol. The molecule has 0 saturated carbocycles. The van der Waals surface area contributed by atoms with Gasteiger partial charge in [-0.05, 0) is 26.3 Å². The van der Waals surface area contributed by atoms with Gasteiger partial charge in [-0.3, -0.25) is 4.79 Å². The Kier molecular flexibility index (Phi) is 3.15. The lowest BCUT2D eigenvalue weighted by atomic mass is 9.77. The van der Waals surface area contributed by atoms with E-state index in [0.29, 0.717) is 12.4 Å². The molecular weight excluding hydrogens is 266 g/mol. The highest BCUT2D eigenvalue weighted by Gasteiger charge is 2.53. The molecule has 112 valence electrons. The molecule has 1 unspecified atom stereocenters. The number of hydrogen-bond donors (Lipinski definition) is 2. The van der Waals surface area contributed by atoms with Crippen molar-refractivity contribution in [3.8, 4) is 5.75 Å². The van der Waals surface area contributed by atoms with Gasteiger partial charge in [0.15, 0.2) is 11.5 Å². The maximum absolute atomic E-state index is 12.6. The van der Waals surface area contributed by atoms with Crippen LogP contribution >= 0.6 is 0 Å². The number of carbonyl (C=O) groups excluding carboxylic acids is 1. The van der Waals surface area contributed by atoms with E-state index in [1.165, 1.54) is 0 Å². The fourth-order valence-electron chi connectivity index (χ4n) is 3.09. The second kappa shape index (κ2) is 4.76. The van der Waals surface area contributed by atoms with Crippen LogP contribution in [-0.4, -0.2) is 24.0 Å². The van der Waals surface area contributed by atoms with Crippen molar-refractivity contribution in [1.82, 2.24) is 10.6 Å². The summed E-state index contributed by atoms with van der Waals surface area (Å²) < 4.78 is 6.01. The molecule has 2 heterocycles. The summed E-state index contributed by atoms with van der Waals surface area (Å²) in [6, 6.07) is 7.69. The average molecular weight is 287 g/mol. The largest absolute Gasteiger partial charge is 0.487 e. The summed E-state index contributed by atoms with van der Waals surface area (Å²) in [7, 11) is 0. The van der Waals surface area contributed by atoms with Crippen molar-refractivity contribution in [1.29, 1.82) is 0 Å². The fourth-order valence-corrected chi connectivity index (χ4v) is 3.09. The maximum Gasteiger partial charge on any atom is 0.279 e. The Hall–Kier alpha value is -2.04. The van der Waals surface area contributed by atoms with Crippen LogP contribution in [0.2, 0.25) is 0 Å². The zero-order valence-corrected chi connectivity index (χ0v) is 12.7. The molecule has 0 fully saturated rings. The molecule has 2 aliphatic heterocycles. The summed E-state index contributed by atoms with van der Waals surface area (Å²) in [5.74, 6) is 1.17. The van der Waals surface area contributed by atoms with Gasteiger partial charge in [0, 0.05) is 18.5 Å². The van der Waals surface area contributed by atoms with Crippen molar-refractivity contribution in [3.63, 3.8) is 0 Å². The summed E-state index contributed by atoms with van der Waals surface area (Å²) in [5.41, 5.74) is -0.368. The van der Waals surface area contributed by atoms with Crippen LogP contribution in [0.15, 0.2) is 29.3 Å². The SMILES string of the molecule is CCCNC1=NC(=O)C2(CC(C)(C)Oc3ccccc32)N1. The number of aliphatic imine (C=N–C) groups is 1. The first-order chi connectivity index (χ1) is 9.97. The van der Waals surface area contributed by atoms with E-state index in [-0.39, 0.29) is 5.91 Å². The van der Waals surface area contributed by atoms with E-state index in [9.17, 15) is 4.79 Å². The van der Waals surface area contributed by atoms with Crippen molar-refractivity contribution >= 4 is 11.9 Å². The molecule has 1 spiro atoms. The molecule has 0 saturated heterocycles. The lowest BCUT2D eigenvalue weighted by molar-refractivity contribution is -0.126. The highest BCUT2D eigenvalue weighted by molar-refractivity contribution is 6.06. The Morgan fingerprint density at radius 1 is 1.38 bits per heavy atom. The Balaban J connectivity index is 2.00. The fraction of sp³-hybridized carbons (Fsp3) is 0.500. The zero-order chi connectivity index (χ0) is 15.1. The molecule has 2 aliphatic rings. The minimum atomic E-state index is -0.811. The van der Waals surface area contributed by atoms with E-state index in [0.717, 1.165) is 24.3 Å². The number of para-hydroxylation sites is 1. The first kappa shape index (κ1) is 13.9. The predicted molar refractivity (Wildman–Crippen MR) is 81.3 cm³/mol. The smallest absolute Gasteiger partial charge is 0.279 e. The summed E-state index contributed by atoms with van der Waals surface area (Å²) in [6.07, 6.45) is 1.53. The van der Waals surface area contributed by atoms with Gasteiger partial charge in [0.1, 0.15) is 11.4 Å². The first-order valence-electron chi connectivity index (χ1n) is 7.40. The van der Waals surface area contributed by atoms with Crippen LogP contribution in [0.4, 0.5) is 0 Å². The summed E-state index contributed by atoms with van der Waals surface area (Å²) in [6.45, 7) is 6.86. The van der Waals surface area contributed by atoms with E-state index >= 15 is 0 Å². The van der Waals surface area contributed by atoms with E-state index < -0.39 is 11.1 Å². The van der Waals surface area contributed by atoms with Gasteiger partial charge in [-0.25, -0.2) is 0 Å². The molecule has 21 heavy (non-hydrogen) atoms. The maximum atomic E-state index is 12.6. The van der Waals surface area contributed by atoms with Crippen LogP contribution in [-0.2, 0) is 10.3 Å². The quantitative estimate of drug-likeness (QED) is 0.872. The lowest BCUT2D eigenvalue weighted by Gasteiger charge is -2.42. The number of guanidine groups is 1. The highest BCUT2D eigenvalue weighted by atomic mass is 16.5. The van der Waals surface area contributed by atoms with Gasteiger partial charge in [0.25, 0.3) is 5.91 Å².